The zero-order valence-corrected chi connectivity index (χ0v) is 15.2. The van der Waals surface area contributed by atoms with Crippen molar-refractivity contribution in [3.8, 4) is 0 Å². The van der Waals surface area contributed by atoms with Gasteiger partial charge in [0.05, 0.1) is 0 Å². The average molecular weight is 335 g/mol. The van der Waals surface area contributed by atoms with E-state index in [4.69, 9.17) is 0 Å². The van der Waals surface area contributed by atoms with Gasteiger partial charge in [-0.3, -0.25) is 4.90 Å². The summed E-state index contributed by atoms with van der Waals surface area (Å²) in [7, 11) is 0. The fourth-order valence-electron chi connectivity index (χ4n) is 3.41. The third-order valence-electron chi connectivity index (χ3n) is 4.77. The van der Waals surface area contributed by atoms with Crippen molar-refractivity contribution in [3.05, 3.63) is 35.6 Å². The van der Waals surface area contributed by atoms with E-state index < -0.39 is 0 Å². The lowest BCUT2D eigenvalue weighted by molar-refractivity contribution is 0.0472. The zero-order chi connectivity index (χ0) is 17.7. The van der Waals surface area contributed by atoms with Crippen molar-refractivity contribution < 1.29 is 9.18 Å². The fraction of sp³-hybridized carbons (Fsp3) is 0.632. The van der Waals surface area contributed by atoms with E-state index in [1.807, 2.05) is 0 Å². The SMILES string of the molecule is CC1CC(C)CN(C(C)(C)CNC(=O)NCc2ccc(F)cc2)C1. The Bertz CT molecular complexity index is 534. The van der Waals surface area contributed by atoms with Crippen LogP contribution in [0.4, 0.5) is 9.18 Å². The number of amides is 2. The topological polar surface area (TPSA) is 44.4 Å². The van der Waals surface area contributed by atoms with Crippen LogP contribution in [0.3, 0.4) is 0 Å². The molecule has 1 fully saturated rings. The summed E-state index contributed by atoms with van der Waals surface area (Å²) in [6.07, 6.45) is 1.28. The molecule has 1 aromatic carbocycles. The Hall–Kier alpha value is -1.62. The molecule has 1 saturated heterocycles. The summed E-state index contributed by atoms with van der Waals surface area (Å²) in [5.41, 5.74) is 0.806. The molecule has 1 aromatic rings. The minimum atomic E-state index is -0.269. The van der Waals surface area contributed by atoms with Crippen molar-refractivity contribution in [2.24, 2.45) is 11.8 Å². The van der Waals surface area contributed by atoms with Crippen molar-refractivity contribution >= 4 is 6.03 Å². The highest BCUT2D eigenvalue weighted by Crippen LogP contribution is 2.26. The number of hydrogen-bond donors (Lipinski definition) is 2. The van der Waals surface area contributed by atoms with Crippen LogP contribution in [0.25, 0.3) is 0 Å². The maximum absolute atomic E-state index is 12.9. The molecule has 2 rings (SSSR count). The Morgan fingerprint density at radius 3 is 2.33 bits per heavy atom. The lowest BCUT2D eigenvalue weighted by Gasteiger charge is -2.45. The highest BCUT2D eigenvalue weighted by Gasteiger charge is 2.32. The van der Waals surface area contributed by atoms with Crippen LogP contribution < -0.4 is 10.6 Å². The molecule has 0 saturated carbocycles. The second-order valence-electron chi connectivity index (χ2n) is 7.83. The molecule has 0 spiro atoms. The van der Waals surface area contributed by atoms with Gasteiger partial charge in [-0.25, -0.2) is 9.18 Å². The maximum atomic E-state index is 12.9. The minimum absolute atomic E-state index is 0.0733. The van der Waals surface area contributed by atoms with Crippen molar-refractivity contribution in [1.29, 1.82) is 0 Å². The molecule has 0 aromatic heterocycles. The summed E-state index contributed by atoms with van der Waals surface area (Å²) in [5, 5.41) is 5.79. The van der Waals surface area contributed by atoms with Gasteiger partial charge < -0.3 is 10.6 Å². The Morgan fingerprint density at radius 2 is 1.75 bits per heavy atom. The highest BCUT2D eigenvalue weighted by atomic mass is 19.1. The van der Waals surface area contributed by atoms with Gasteiger partial charge in [-0.05, 0) is 49.8 Å². The van der Waals surface area contributed by atoms with E-state index in [2.05, 4.69) is 43.2 Å². The number of halogens is 1. The van der Waals surface area contributed by atoms with Crippen LogP contribution in [-0.2, 0) is 6.54 Å². The molecule has 2 unspecified atom stereocenters. The molecule has 2 N–H and O–H groups in total. The van der Waals surface area contributed by atoms with Gasteiger partial charge in [-0.15, -0.1) is 0 Å². The van der Waals surface area contributed by atoms with Gasteiger partial charge in [-0.2, -0.15) is 0 Å². The van der Waals surface area contributed by atoms with Crippen LogP contribution in [0, 0.1) is 17.7 Å². The van der Waals surface area contributed by atoms with Gasteiger partial charge in [0.25, 0.3) is 0 Å². The number of carbonyl (C=O) groups is 1. The normalized spacial score (nSPS) is 22.2. The molecular formula is C19H30FN3O. The summed E-state index contributed by atoms with van der Waals surface area (Å²) in [4.78, 5) is 14.5. The van der Waals surface area contributed by atoms with Crippen LogP contribution in [0.1, 0.15) is 39.7 Å². The molecule has 2 amide bonds. The monoisotopic (exact) mass is 335 g/mol. The Morgan fingerprint density at radius 1 is 1.17 bits per heavy atom. The molecule has 4 nitrogen and oxygen atoms in total. The van der Waals surface area contributed by atoms with Crippen molar-refractivity contribution in [2.45, 2.75) is 46.2 Å². The number of nitrogens with zero attached hydrogens (tertiary/aromatic N) is 1. The summed E-state index contributed by atoms with van der Waals surface area (Å²) < 4.78 is 12.9. The number of piperidine rings is 1. The number of carbonyl (C=O) groups excluding carboxylic acids is 1. The number of hydrogen-bond acceptors (Lipinski definition) is 2. The lowest BCUT2D eigenvalue weighted by Crippen LogP contribution is -2.56. The number of rotatable bonds is 5. The maximum Gasteiger partial charge on any atom is 0.315 e. The molecule has 0 bridgehead atoms. The molecule has 134 valence electrons. The first-order valence-electron chi connectivity index (χ1n) is 8.77. The van der Waals surface area contributed by atoms with Crippen LogP contribution >= 0.6 is 0 Å². The number of benzene rings is 1. The van der Waals surface area contributed by atoms with Gasteiger partial charge in [0.1, 0.15) is 5.82 Å². The van der Waals surface area contributed by atoms with E-state index in [0.29, 0.717) is 24.9 Å². The number of urea groups is 1. The smallest absolute Gasteiger partial charge is 0.315 e. The Kier molecular flexibility index (Phi) is 6.21. The molecule has 0 aliphatic carbocycles. The first-order chi connectivity index (χ1) is 11.3. The number of likely N-dealkylation sites (tertiary alicyclic amines) is 1. The van der Waals surface area contributed by atoms with Gasteiger partial charge in [0.2, 0.25) is 0 Å². The van der Waals surface area contributed by atoms with Crippen LogP contribution in [0.2, 0.25) is 0 Å². The van der Waals surface area contributed by atoms with E-state index in [0.717, 1.165) is 18.7 Å². The fourth-order valence-corrected chi connectivity index (χ4v) is 3.41. The van der Waals surface area contributed by atoms with Crippen LogP contribution in [0.5, 0.6) is 0 Å². The van der Waals surface area contributed by atoms with Gasteiger partial charge in [-0.1, -0.05) is 26.0 Å². The molecule has 1 aliphatic heterocycles. The van der Waals surface area contributed by atoms with E-state index in [1.54, 1.807) is 12.1 Å². The third kappa shape index (κ3) is 5.48. The summed E-state index contributed by atoms with van der Waals surface area (Å²) in [5.74, 6) is 1.12. The van der Waals surface area contributed by atoms with E-state index in [1.165, 1.54) is 18.6 Å². The summed E-state index contributed by atoms with van der Waals surface area (Å²) >= 11 is 0. The lowest BCUT2D eigenvalue weighted by atomic mass is 9.88. The third-order valence-corrected chi connectivity index (χ3v) is 4.77. The zero-order valence-electron chi connectivity index (χ0n) is 15.2. The van der Waals surface area contributed by atoms with Crippen molar-refractivity contribution in [3.63, 3.8) is 0 Å². The molecule has 2 atom stereocenters. The molecular weight excluding hydrogens is 305 g/mol. The van der Waals surface area contributed by atoms with Crippen LogP contribution in [-0.4, -0.2) is 36.1 Å². The number of nitrogens with one attached hydrogen (secondary N) is 2. The summed E-state index contributed by atoms with van der Waals surface area (Å²) in [6.45, 7) is 12.1. The molecule has 5 heteroatoms. The standard InChI is InChI=1S/C19H30FN3O/c1-14-9-15(2)12-23(11-14)19(3,4)13-22-18(24)21-10-16-5-7-17(20)8-6-16/h5-8,14-15H,9-13H2,1-4H3,(H2,21,22,24). The first kappa shape index (κ1) is 18.7. The van der Waals surface area contributed by atoms with Crippen molar-refractivity contribution in [1.82, 2.24) is 15.5 Å². The van der Waals surface area contributed by atoms with E-state index >= 15 is 0 Å². The largest absolute Gasteiger partial charge is 0.336 e. The summed E-state index contributed by atoms with van der Waals surface area (Å²) in [6, 6.07) is 5.96. The molecule has 1 aliphatic rings. The van der Waals surface area contributed by atoms with Gasteiger partial charge >= 0.3 is 6.03 Å². The van der Waals surface area contributed by atoms with Gasteiger partial charge in [0, 0.05) is 31.7 Å². The second kappa shape index (κ2) is 7.97. The molecule has 1 heterocycles. The first-order valence-corrected chi connectivity index (χ1v) is 8.77. The average Bonchev–Trinajstić information content (AvgIpc) is 2.51. The Balaban J connectivity index is 1.78. The molecule has 0 radical (unpaired) electrons. The van der Waals surface area contributed by atoms with Crippen LogP contribution in [0.15, 0.2) is 24.3 Å². The quantitative estimate of drug-likeness (QED) is 0.866. The minimum Gasteiger partial charge on any atom is -0.336 e. The van der Waals surface area contributed by atoms with Gasteiger partial charge in [0.15, 0.2) is 0 Å². The predicted octanol–water partition coefficient (Wildman–Crippen LogP) is 3.38. The second-order valence-corrected chi connectivity index (χ2v) is 7.83. The highest BCUT2D eigenvalue weighted by molar-refractivity contribution is 5.73. The predicted molar refractivity (Wildman–Crippen MR) is 95.2 cm³/mol. The Labute approximate surface area is 144 Å². The van der Waals surface area contributed by atoms with E-state index in [-0.39, 0.29) is 17.4 Å². The van der Waals surface area contributed by atoms with Crippen molar-refractivity contribution in [2.75, 3.05) is 19.6 Å². The molecule has 24 heavy (non-hydrogen) atoms. The van der Waals surface area contributed by atoms with E-state index in [9.17, 15) is 9.18 Å².